The van der Waals surface area contributed by atoms with Gasteiger partial charge >= 0.3 is 6.09 Å². The number of amides is 2. The smallest absolute Gasteiger partial charge is 0.405 e. The van der Waals surface area contributed by atoms with Crippen molar-refractivity contribution in [3.05, 3.63) is 35.6 Å². The van der Waals surface area contributed by atoms with Gasteiger partial charge < -0.3 is 20.5 Å². The summed E-state index contributed by atoms with van der Waals surface area (Å²) in [6, 6.07) is 6.84. The lowest BCUT2D eigenvalue weighted by molar-refractivity contribution is -0.114. The van der Waals surface area contributed by atoms with Crippen LogP contribution in [0.2, 0.25) is 5.02 Å². The van der Waals surface area contributed by atoms with Gasteiger partial charge in [0.05, 0.1) is 10.7 Å². The molecular formula is C20H25ClN4O4. The fourth-order valence-electron chi connectivity index (χ4n) is 3.01. The molecule has 0 aliphatic rings. The first-order chi connectivity index (χ1) is 13.6. The Hall–Kier alpha value is -2.87. The topological polar surface area (TPSA) is 116 Å². The molecule has 1 aromatic heterocycles. The monoisotopic (exact) mass is 420 g/mol. The van der Waals surface area contributed by atoms with E-state index in [2.05, 4.69) is 15.3 Å². The van der Waals surface area contributed by atoms with E-state index >= 15 is 0 Å². The number of rotatable bonds is 8. The summed E-state index contributed by atoms with van der Waals surface area (Å²) in [6.45, 7) is 7.31. The average Bonchev–Trinajstić information content (AvgIpc) is 2.59. The van der Waals surface area contributed by atoms with Gasteiger partial charge in [-0.3, -0.25) is 4.79 Å². The van der Waals surface area contributed by atoms with E-state index in [-0.39, 0.29) is 18.4 Å². The van der Waals surface area contributed by atoms with Crippen LogP contribution >= 0.6 is 11.6 Å². The zero-order chi connectivity index (χ0) is 21.6. The molecule has 0 saturated carbocycles. The molecule has 1 aromatic carbocycles. The zero-order valence-corrected chi connectivity index (χ0v) is 17.6. The van der Waals surface area contributed by atoms with Crippen LogP contribution in [0, 0.1) is 5.92 Å². The maximum atomic E-state index is 11.3. The van der Waals surface area contributed by atoms with Crippen molar-refractivity contribution in [3.8, 4) is 17.0 Å². The molecule has 3 N–H and O–H groups in total. The van der Waals surface area contributed by atoms with E-state index < -0.39 is 11.7 Å². The Morgan fingerprint density at radius 1 is 1.28 bits per heavy atom. The predicted molar refractivity (Wildman–Crippen MR) is 111 cm³/mol. The number of nitrogens with two attached hydrogens (primary N) is 1. The molecule has 0 saturated heterocycles. The van der Waals surface area contributed by atoms with Crippen LogP contribution in [0.1, 0.15) is 34.1 Å². The fraction of sp³-hybridized carbons (Fsp3) is 0.400. The number of hydrogen-bond acceptors (Lipinski definition) is 6. The second kappa shape index (κ2) is 9.56. The van der Waals surface area contributed by atoms with Gasteiger partial charge in [-0.2, -0.15) is 0 Å². The molecule has 156 valence electrons. The SMILES string of the molecule is CC(=O)Nc1cc(-c2ccc(OC[C@](C)(CC(C)C)OC(N)=O)c(Cl)c2)ncn1. The van der Waals surface area contributed by atoms with Gasteiger partial charge in [0.25, 0.3) is 0 Å². The van der Waals surface area contributed by atoms with Crippen molar-refractivity contribution in [2.24, 2.45) is 11.7 Å². The highest BCUT2D eigenvalue weighted by atomic mass is 35.5. The van der Waals surface area contributed by atoms with Crippen molar-refractivity contribution in [1.29, 1.82) is 0 Å². The summed E-state index contributed by atoms with van der Waals surface area (Å²) in [4.78, 5) is 30.7. The highest BCUT2D eigenvalue weighted by Crippen LogP contribution is 2.31. The Labute approximate surface area is 174 Å². The molecule has 29 heavy (non-hydrogen) atoms. The Morgan fingerprint density at radius 2 is 2.00 bits per heavy atom. The van der Waals surface area contributed by atoms with Crippen LogP contribution in [0.4, 0.5) is 10.6 Å². The van der Waals surface area contributed by atoms with Gasteiger partial charge in [0, 0.05) is 18.6 Å². The van der Waals surface area contributed by atoms with Crippen molar-refractivity contribution in [2.45, 2.75) is 39.7 Å². The van der Waals surface area contributed by atoms with Crippen LogP contribution in [0.25, 0.3) is 11.3 Å². The number of carbonyl (C=O) groups excluding carboxylic acids is 2. The van der Waals surface area contributed by atoms with E-state index in [1.165, 1.54) is 13.3 Å². The van der Waals surface area contributed by atoms with Crippen molar-refractivity contribution in [3.63, 3.8) is 0 Å². The molecule has 2 amide bonds. The summed E-state index contributed by atoms with van der Waals surface area (Å²) in [5.41, 5.74) is 5.65. The number of primary amides is 1. The van der Waals surface area contributed by atoms with Gasteiger partial charge in [-0.15, -0.1) is 0 Å². The molecule has 2 rings (SSSR count). The standard InChI is InChI=1S/C20H25ClN4O4/c1-12(2)9-20(4,29-19(22)27)10-28-17-6-5-14(7-15(17)21)16-8-18(24-11-23-16)25-13(3)26/h5-8,11-12H,9-10H2,1-4H3,(H2,22,27)(H,23,24,25,26)/t20-/m0/s1. The number of carbonyl (C=O) groups is 2. The highest BCUT2D eigenvalue weighted by Gasteiger charge is 2.30. The number of aromatic nitrogens is 2. The molecule has 9 heteroatoms. The van der Waals surface area contributed by atoms with E-state index in [4.69, 9.17) is 26.8 Å². The molecule has 8 nitrogen and oxygen atoms in total. The number of ether oxygens (including phenoxy) is 2. The molecule has 1 atom stereocenters. The molecule has 1 heterocycles. The molecule has 0 bridgehead atoms. The third-order valence-corrected chi connectivity index (χ3v) is 4.21. The van der Waals surface area contributed by atoms with Crippen LogP contribution < -0.4 is 15.8 Å². The minimum absolute atomic E-state index is 0.105. The van der Waals surface area contributed by atoms with Gasteiger partial charge in [-0.1, -0.05) is 25.4 Å². The second-order valence-corrected chi connectivity index (χ2v) is 7.78. The first-order valence-corrected chi connectivity index (χ1v) is 9.46. The maximum Gasteiger partial charge on any atom is 0.405 e. The van der Waals surface area contributed by atoms with Gasteiger partial charge in [-0.05, 0) is 37.5 Å². The Kier molecular flexibility index (Phi) is 7.39. The Morgan fingerprint density at radius 3 is 2.59 bits per heavy atom. The van der Waals surface area contributed by atoms with Crippen molar-refractivity contribution in [1.82, 2.24) is 9.97 Å². The summed E-state index contributed by atoms with van der Waals surface area (Å²) in [7, 11) is 0. The molecule has 0 radical (unpaired) electrons. The first kappa shape index (κ1) is 22.4. The summed E-state index contributed by atoms with van der Waals surface area (Å²) in [5, 5.41) is 2.98. The van der Waals surface area contributed by atoms with Gasteiger partial charge in [0.2, 0.25) is 5.91 Å². The van der Waals surface area contributed by atoms with Crippen molar-refractivity contribution in [2.75, 3.05) is 11.9 Å². The second-order valence-electron chi connectivity index (χ2n) is 7.37. The number of nitrogens with one attached hydrogen (secondary N) is 1. The van der Waals surface area contributed by atoms with Gasteiger partial charge in [-0.25, -0.2) is 14.8 Å². The van der Waals surface area contributed by atoms with Crippen molar-refractivity contribution >= 4 is 29.4 Å². The third-order valence-electron chi connectivity index (χ3n) is 3.92. The quantitative estimate of drug-likeness (QED) is 0.665. The lowest BCUT2D eigenvalue weighted by atomic mass is 9.95. The van der Waals surface area contributed by atoms with E-state index in [1.807, 2.05) is 13.8 Å². The maximum absolute atomic E-state index is 11.3. The van der Waals surface area contributed by atoms with Crippen molar-refractivity contribution < 1.29 is 19.1 Å². The van der Waals surface area contributed by atoms with E-state index in [0.29, 0.717) is 28.7 Å². The summed E-state index contributed by atoms with van der Waals surface area (Å²) in [5.74, 6) is 0.886. The van der Waals surface area contributed by atoms with E-state index in [9.17, 15) is 9.59 Å². The molecule has 0 spiro atoms. The lowest BCUT2D eigenvalue weighted by Crippen LogP contribution is -2.41. The molecule has 0 aliphatic carbocycles. The van der Waals surface area contributed by atoms with Crippen LogP contribution in [-0.2, 0) is 9.53 Å². The lowest BCUT2D eigenvalue weighted by Gasteiger charge is -2.30. The molecule has 0 fully saturated rings. The van der Waals surface area contributed by atoms with Gasteiger partial charge in [0.1, 0.15) is 30.1 Å². The van der Waals surface area contributed by atoms with Crippen LogP contribution in [-0.4, -0.2) is 34.2 Å². The molecule has 0 unspecified atom stereocenters. The number of halogens is 1. The van der Waals surface area contributed by atoms with Crippen LogP contribution in [0.15, 0.2) is 30.6 Å². The molecular weight excluding hydrogens is 396 g/mol. The fourth-order valence-corrected chi connectivity index (χ4v) is 3.24. The largest absolute Gasteiger partial charge is 0.488 e. The minimum Gasteiger partial charge on any atom is -0.488 e. The van der Waals surface area contributed by atoms with Crippen LogP contribution in [0.5, 0.6) is 5.75 Å². The highest BCUT2D eigenvalue weighted by molar-refractivity contribution is 6.32. The zero-order valence-electron chi connectivity index (χ0n) is 16.9. The van der Waals surface area contributed by atoms with E-state index in [0.717, 1.165) is 5.56 Å². The average molecular weight is 421 g/mol. The van der Waals surface area contributed by atoms with E-state index in [1.54, 1.807) is 31.2 Å². The number of anilines is 1. The normalized spacial score (nSPS) is 12.9. The first-order valence-electron chi connectivity index (χ1n) is 9.09. The van der Waals surface area contributed by atoms with Crippen LogP contribution in [0.3, 0.4) is 0 Å². The minimum atomic E-state index is -0.873. The summed E-state index contributed by atoms with van der Waals surface area (Å²) < 4.78 is 11.1. The number of nitrogens with zero attached hydrogens (tertiary/aromatic N) is 2. The Balaban J connectivity index is 2.17. The third kappa shape index (κ3) is 6.90. The number of hydrogen-bond donors (Lipinski definition) is 2. The predicted octanol–water partition coefficient (Wildman–Crippen LogP) is 4.03. The molecule has 0 aliphatic heterocycles. The van der Waals surface area contributed by atoms with Gasteiger partial charge in [0.15, 0.2) is 0 Å². The Bertz CT molecular complexity index is 891. The molecule has 2 aromatic rings. The summed E-state index contributed by atoms with van der Waals surface area (Å²) in [6.07, 6.45) is 1.09. The summed E-state index contributed by atoms with van der Waals surface area (Å²) >= 11 is 6.37. The number of benzene rings is 1.